The van der Waals surface area contributed by atoms with E-state index in [1.807, 2.05) is 32.9 Å². The summed E-state index contributed by atoms with van der Waals surface area (Å²) in [4.78, 5) is 15.1. The number of carbonyl (C=O) groups excluding carboxylic acids is 1. The molecule has 0 saturated carbocycles. The predicted molar refractivity (Wildman–Crippen MR) is 128 cm³/mol. The minimum atomic E-state index is -3.79. The maximum absolute atomic E-state index is 13.8. The Bertz CT molecular complexity index is 1050. The van der Waals surface area contributed by atoms with E-state index < -0.39 is 16.1 Å². The predicted octanol–water partition coefficient (Wildman–Crippen LogP) is 4.05. The number of para-hydroxylation sites is 1. The molecule has 1 aliphatic heterocycles. The van der Waals surface area contributed by atoms with Gasteiger partial charge >= 0.3 is 0 Å². The smallest absolute Gasteiger partial charge is 0.257 e. The highest BCUT2D eigenvalue weighted by atomic mass is 32.2. The Kier molecular flexibility index (Phi) is 8.37. The summed E-state index contributed by atoms with van der Waals surface area (Å²) in [5.74, 6) is 0.915. The fourth-order valence-corrected chi connectivity index (χ4v) is 5.87. The van der Waals surface area contributed by atoms with E-state index in [0.29, 0.717) is 49.5 Å². The van der Waals surface area contributed by atoms with Crippen LogP contribution in [0.3, 0.4) is 0 Å². The van der Waals surface area contributed by atoms with E-state index in [4.69, 9.17) is 9.47 Å². The van der Waals surface area contributed by atoms with Gasteiger partial charge in [0.2, 0.25) is 10.0 Å². The van der Waals surface area contributed by atoms with Crippen LogP contribution in [0.1, 0.15) is 44.0 Å². The average Bonchev–Trinajstić information content (AvgIpc) is 2.81. The molecule has 3 rings (SSSR count). The first-order valence-electron chi connectivity index (χ1n) is 11.5. The molecule has 0 bridgehead atoms. The van der Waals surface area contributed by atoms with Gasteiger partial charge in [0.05, 0.1) is 23.6 Å². The molecule has 2 aromatic carbocycles. The Balaban J connectivity index is 2.01. The highest BCUT2D eigenvalue weighted by Crippen LogP contribution is 2.28. The van der Waals surface area contributed by atoms with Gasteiger partial charge in [0.1, 0.15) is 18.1 Å². The number of rotatable bonds is 5. The van der Waals surface area contributed by atoms with Gasteiger partial charge in [-0.15, -0.1) is 0 Å². The molecule has 180 valence electrons. The van der Waals surface area contributed by atoms with Crippen LogP contribution in [0.2, 0.25) is 0 Å². The fraction of sp³-hybridized carbons (Fsp3) is 0.480. The van der Waals surface area contributed by atoms with Crippen molar-refractivity contribution in [2.24, 2.45) is 5.92 Å². The molecule has 8 heteroatoms. The van der Waals surface area contributed by atoms with E-state index in [1.165, 1.54) is 7.11 Å². The van der Waals surface area contributed by atoms with Crippen LogP contribution in [0, 0.1) is 5.92 Å². The molecule has 0 saturated heterocycles. The van der Waals surface area contributed by atoms with Gasteiger partial charge in [0, 0.05) is 25.7 Å². The standard InChI is InChI=1S/C25H34N2O5S/c1-5-26-15-8-9-16-27(33(29,30)21-12-10-11-20(17-21)31-4)23(19(2)3)18-32-24-14-7-6-13-22(24)25(26)28/h6-7,10-14,17,19,23H,5,8-9,15-16,18H2,1-4H3/t23-/m1/s1. The molecule has 33 heavy (non-hydrogen) atoms. The molecule has 1 atom stereocenters. The maximum Gasteiger partial charge on any atom is 0.257 e. The van der Waals surface area contributed by atoms with Crippen molar-refractivity contribution in [3.05, 3.63) is 54.1 Å². The molecular weight excluding hydrogens is 440 g/mol. The molecular formula is C25H34N2O5S. The van der Waals surface area contributed by atoms with Crippen LogP contribution in [0.15, 0.2) is 53.4 Å². The molecule has 1 aliphatic rings. The first-order chi connectivity index (χ1) is 15.8. The van der Waals surface area contributed by atoms with Crippen molar-refractivity contribution < 1.29 is 22.7 Å². The summed E-state index contributed by atoms with van der Waals surface area (Å²) in [6.07, 6.45) is 1.34. The van der Waals surface area contributed by atoms with Gasteiger partial charge in [-0.2, -0.15) is 4.31 Å². The topological polar surface area (TPSA) is 76.2 Å². The van der Waals surface area contributed by atoms with Crippen molar-refractivity contribution in [2.45, 2.75) is 44.6 Å². The molecule has 0 aliphatic carbocycles. The third-order valence-corrected chi connectivity index (χ3v) is 7.96. The zero-order valence-corrected chi connectivity index (χ0v) is 20.7. The summed E-state index contributed by atoms with van der Waals surface area (Å²) < 4.78 is 40.5. The van der Waals surface area contributed by atoms with Crippen LogP contribution >= 0.6 is 0 Å². The van der Waals surface area contributed by atoms with Crippen molar-refractivity contribution in [1.82, 2.24) is 9.21 Å². The average molecular weight is 475 g/mol. The van der Waals surface area contributed by atoms with E-state index in [0.717, 1.165) is 0 Å². The Labute approximate surface area is 197 Å². The van der Waals surface area contributed by atoms with E-state index in [2.05, 4.69) is 0 Å². The Morgan fingerprint density at radius 2 is 1.82 bits per heavy atom. The quantitative estimate of drug-likeness (QED) is 0.654. The molecule has 1 amide bonds. The van der Waals surface area contributed by atoms with Gasteiger partial charge in [-0.25, -0.2) is 8.42 Å². The summed E-state index contributed by atoms with van der Waals surface area (Å²) >= 11 is 0. The molecule has 0 spiro atoms. The highest BCUT2D eigenvalue weighted by molar-refractivity contribution is 7.89. The van der Waals surface area contributed by atoms with Crippen LogP contribution in [0.5, 0.6) is 11.5 Å². The number of hydrogen-bond acceptors (Lipinski definition) is 5. The van der Waals surface area contributed by atoms with Gasteiger partial charge < -0.3 is 14.4 Å². The van der Waals surface area contributed by atoms with Gasteiger partial charge in [-0.05, 0) is 49.9 Å². The second-order valence-corrected chi connectivity index (χ2v) is 10.4. The lowest BCUT2D eigenvalue weighted by Gasteiger charge is -2.34. The van der Waals surface area contributed by atoms with Crippen LogP contribution in [-0.4, -0.2) is 62.9 Å². The highest BCUT2D eigenvalue weighted by Gasteiger charge is 2.34. The monoisotopic (exact) mass is 474 g/mol. The lowest BCUT2D eigenvalue weighted by Crippen LogP contribution is -2.47. The second kappa shape index (κ2) is 11.0. The van der Waals surface area contributed by atoms with Crippen molar-refractivity contribution in [2.75, 3.05) is 33.4 Å². The lowest BCUT2D eigenvalue weighted by molar-refractivity contribution is 0.0747. The lowest BCUT2D eigenvalue weighted by atomic mass is 10.0. The van der Waals surface area contributed by atoms with Crippen LogP contribution in [0.25, 0.3) is 0 Å². The molecule has 0 radical (unpaired) electrons. The van der Waals surface area contributed by atoms with Crippen LogP contribution < -0.4 is 9.47 Å². The first kappa shape index (κ1) is 25.1. The largest absolute Gasteiger partial charge is 0.497 e. The van der Waals surface area contributed by atoms with E-state index in [-0.39, 0.29) is 23.3 Å². The SMILES string of the molecule is CCN1CCCCN(S(=O)(=O)c2cccc(OC)c2)[C@@H](C(C)C)COc2ccccc2C1=O. The summed E-state index contributed by atoms with van der Waals surface area (Å²) in [5.41, 5.74) is 0.504. The minimum absolute atomic E-state index is 0.00308. The molecule has 0 fully saturated rings. The van der Waals surface area contributed by atoms with Crippen molar-refractivity contribution in [3.8, 4) is 11.5 Å². The van der Waals surface area contributed by atoms with Crippen molar-refractivity contribution >= 4 is 15.9 Å². The Morgan fingerprint density at radius 1 is 1.09 bits per heavy atom. The van der Waals surface area contributed by atoms with Crippen molar-refractivity contribution in [1.29, 1.82) is 0 Å². The third-order valence-electron chi connectivity index (χ3n) is 6.04. The zero-order valence-electron chi connectivity index (χ0n) is 19.9. The molecule has 7 nitrogen and oxygen atoms in total. The summed E-state index contributed by atoms with van der Waals surface area (Å²) in [6, 6.07) is 13.3. The summed E-state index contributed by atoms with van der Waals surface area (Å²) in [6.45, 7) is 7.56. The van der Waals surface area contributed by atoms with E-state index in [9.17, 15) is 13.2 Å². The normalized spacial score (nSPS) is 18.8. The van der Waals surface area contributed by atoms with Gasteiger partial charge in [0.15, 0.2) is 0 Å². The molecule has 0 N–H and O–H groups in total. The number of ether oxygens (including phenoxy) is 2. The van der Waals surface area contributed by atoms with E-state index >= 15 is 0 Å². The summed E-state index contributed by atoms with van der Waals surface area (Å²) in [5, 5.41) is 0. The number of carbonyl (C=O) groups is 1. The molecule has 1 heterocycles. The molecule has 0 unspecified atom stereocenters. The second-order valence-electron chi connectivity index (χ2n) is 8.51. The maximum atomic E-state index is 13.8. The number of fused-ring (bicyclic) bond motifs is 1. The van der Waals surface area contributed by atoms with Crippen molar-refractivity contribution in [3.63, 3.8) is 0 Å². The Morgan fingerprint density at radius 3 is 2.52 bits per heavy atom. The zero-order chi connectivity index (χ0) is 24.0. The summed E-state index contributed by atoms with van der Waals surface area (Å²) in [7, 11) is -2.27. The number of nitrogens with zero attached hydrogens (tertiary/aromatic N) is 2. The fourth-order valence-electron chi connectivity index (χ4n) is 4.06. The number of hydrogen-bond donors (Lipinski definition) is 0. The number of benzene rings is 2. The number of sulfonamides is 1. The van der Waals surface area contributed by atoms with Crippen LogP contribution in [0.4, 0.5) is 0 Å². The third kappa shape index (κ3) is 5.68. The number of amides is 1. The Hall–Kier alpha value is -2.58. The van der Waals surface area contributed by atoms with Crippen LogP contribution in [-0.2, 0) is 10.0 Å². The molecule has 0 aromatic heterocycles. The number of methoxy groups -OCH3 is 1. The first-order valence-corrected chi connectivity index (χ1v) is 12.9. The van der Waals surface area contributed by atoms with Gasteiger partial charge in [0.25, 0.3) is 5.91 Å². The molecule has 2 aromatic rings. The van der Waals surface area contributed by atoms with E-state index in [1.54, 1.807) is 45.6 Å². The minimum Gasteiger partial charge on any atom is -0.497 e. The van der Waals surface area contributed by atoms with Gasteiger partial charge in [-0.3, -0.25) is 4.79 Å². The van der Waals surface area contributed by atoms with Gasteiger partial charge in [-0.1, -0.05) is 32.0 Å².